The molecule has 2 N–H and O–H groups in total. The van der Waals surface area contributed by atoms with Gasteiger partial charge >= 0.3 is 0 Å². The quantitative estimate of drug-likeness (QED) is 0.734. The van der Waals surface area contributed by atoms with E-state index < -0.39 is 17.5 Å². The summed E-state index contributed by atoms with van der Waals surface area (Å²) >= 11 is 0. The van der Waals surface area contributed by atoms with Crippen LogP contribution in [-0.4, -0.2) is 20.9 Å². The van der Waals surface area contributed by atoms with E-state index in [1.165, 1.54) is 12.1 Å². The highest BCUT2D eigenvalue weighted by Crippen LogP contribution is 2.15. The number of rotatable bonds is 5. The zero-order valence-corrected chi connectivity index (χ0v) is 13.8. The Labute approximate surface area is 148 Å². The molecular formula is C18H15F2N5O. The Morgan fingerprint density at radius 2 is 1.92 bits per heavy atom. The molecule has 3 rings (SSSR count). The molecule has 26 heavy (non-hydrogen) atoms. The molecule has 0 unspecified atom stereocenters. The molecule has 8 heteroatoms. The minimum Gasteiger partial charge on any atom is -0.364 e. The molecule has 0 saturated heterocycles. The number of anilines is 2. The third-order valence-corrected chi connectivity index (χ3v) is 3.42. The highest BCUT2D eigenvalue weighted by atomic mass is 19.2. The van der Waals surface area contributed by atoms with Crippen molar-refractivity contribution < 1.29 is 13.6 Å². The van der Waals surface area contributed by atoms with Gasteiger partial charge in [-0.2, -0.15) is 0 Å². The molecule has 0 fully saturated rings. The molecule has 0 bridgehead atoms. The summed E-state index contributed by atoms with van der Waals surface area (Å²) in [5.41, 5.74) is 1.05. The number of nitrogens with zero attached hydrogens (tertiary/aromatic N) is 3. The van der Waals surface area contributed by atoms with E-state index in [0.29, 0.717) is 18.2 Å². The van der Waals surface area contributed by atoms with Gasteiger partial charge in [-0.05, 0) is 31.2 Å². The first-order valence-electron chi connectivity index (χ1n) is 7.77. The average Bonchev–Trinajstić information content (AvgIpc) is 2.63. The zero-order chi connectivity index (χ0) is 18.5. The maximum atomic E-state index is 13.3. The summed E-state index contributed by atoms with van der Waals surface area (Å²) in [6, 6.07) is 10.1. The van der Waals surface area contributed by atoms with E-state index in [2.05, 4.69) is 25.6 Å². The Hall–Kier alpha value is -3.42. The highest BCUT2D eigenvalue weighted by Gasteiger charge is 2.12. The summed E-state index contributed by atoms with van der Waals surface area (Å²) in [6.07, 6.45) is 1.68. The third kappa shape index (κ3) is 4.35. The lowest BCUT2D eigenvalue weighted by Gasteiger charge is -2.09. The van der Waals surface area contributed by atoms with Gasteiger partial charge in [0.15, 0.2) is 11.6 Å². The van der Waals surface area contributed by atoms with Gasteiger partial charge in [-0.15, -0.1) is 0 Å². The second-order valence-electron chi connectivity index (χ2n) is 5.44. The van der Waals surface area contributed by atoms with E-state index in [1.54, 1.807) is 13.1 Å². The van der Waals surface area contributed by atoms with Crippen LogP contribution in [0.4, 0.5) is 20.3 Å². The number of nitrogens with one attached hydrogen (secondary N) is 2. The fourth-order valence-electron chi connectivity index (χ4n) is 2.23. The number of hydrogen-bond donors (Lipinski definition) is 2. The Kier molecular flexibility index (Phi) is 5.12. The molecular weight excluding hydrogens is 340 g/mol. The predicted molar refractivity (Wildman–Crippen MR) is 92.6 cm³/mol. The Morgan fingerprint density at radius 1 is 1.08 bits per heavy atom. The lowest BCUT2D eigenvalue weighted by Crippen LogP contribution is -2.16. The van der Waals surface area contributed by atoms with E-state index in [-0.39, 0.29) is 11.4 Å². The van der Waals surface area contributed by atoms with Crippen LogP contribution in [0.5, 0.6) is 0 Å². The van der Waals surface area contributed by atoms with Crippen LogP contribution in [-0.2, 0) is 6.54 Å². The van der Waals surface area contributed by atoms with Crippen LogP contribution in [0.1, 0.15) is 22.0 Å². The van der Waals surface area contributed by atoms with Gasteiger partial charge < -0.3 is 10.6 Å². The SMILES string of the molecule is Cc1nc(NCc2ccccn2)cc(C(=O)Nc2ccc(F)c(F)c2)n1. The fraction of sp³-hybridized carbons (Fsp3) is 0.111. The first kappa shape index (κ1) is 17.4. The maximum Gasteiger partial charge on any atom is 0.274 e. The Balaban J connectivity index is 1.73. The van der Waals surface area contributed by atoms with Crippen molar-refractivity contribution in [2.24, 2.45) is 0 Å². The molecule has 6 nitrogen and oxygen atoms in total. The summed E-state index contributed by atoms with van der Waals surface area (Å²) < 4.78 is 26.2. The number of halogens is 2. The number of benzene rings is 1. The fourth-order valence-corrected chi connectivity index (χ4v) is 2.23. The normalized spacial score (nSPS) is 10.4. The van der Waals surface area contributed by atoms with Crippen molar-refractivity contribution in [2.75, 3.05) is 10.6 Å². The highest BCUT2D eigenvalue weighted by molar-refractivity contribution is 6.03. The van der Waals surface area contributed by atoms with Gasteiger partial charge in [-0.1, -0.05) is 6.07 Å². The van der Waals surface area contributed by atoms with Gasteiger partial charge in [-0.25, -0.2) is 18.7 Å². The number of aryl methyl sites for hydroxylation is 1. The van der Waals surface area contributed by atoms with Crippen molar-refractivity contribution in [1.82, 2.24) is 15.0 Å². The monoisotopic (exact) mass is 355 g/mol. The molecule has 0 aliphatic carbocycles. The van der Waals surface area contributed by atoms with Crippen molar-refractivity contribution in [3.63, 3.8) is 0 Å². The summed E-state index contributed by atoms with van der Waals surface area (Å²) in [4.78, 5) is 24.8. The van der Waals surface area contributed by atoms with Gasteiger partial charge in [0.1, 0.15) is 17.3 Å². The third-order valence-electron chi connectivity index (χ3n) is 3.42. The zero-order valence-electron chi connectivity index (χ0n) is 13.8. The van der Waals surface area contributed by atoms with Gasteiger partial charge in [0, 0.05) is 24.0 Å². The summed E-state index contributed by atoms with van der Waals surface area (Å²) in [5.74, 6) is -1.73. The van der Waals surface area contributed by atoms with E-state index in [0.717, 1.165) is 17.8 Å². The second-order valence-corrected chi connectivity index (χ2v) is 5.44. The van der Waals surface area contributed by atoms with Crippen LogP contribution in [0.2, 0.25) is 0 Å². The topological polar surface area (TPSA) is 79.8 Å². The molecule has 0 saturated carbocycles. The van der Waals surface area contributed by atoms with Crippen LogP contribution < -0.4 is 10.6 Å². The Bertz CT molecular complexity index is 934. The molecule has 1 aromatic carbocycles. The second kappa shape index (κ2) is 7.64. The summed E-state index contributed by atoms with van der Waals surface area (Å²) in [7, 11) is 0. The standard InChI is InChI=1S/C18H15F2N5O/c1-11-23-16(18(26)25-12-5-6-14(19)15(20)8-12)9-17(24-11)22-10-13-4-2-3-7-21-13/h2-9H,10H2,1H3,(H,25,26)(H,22,23,24). The Morgan fingerprint density at radius 3 is 2.65 bits per heavy atom. The summed E-state index contributed by atoms with van der Waals surface area (Å²) in [6.45, 7) is 2.09. The average molecular weight is 355 g/mol. The smallest absolute Gasteiger partial charge is 0.274 e. The van der Waals surface area contributed by atoms with Gasteiger partial charge in [0.05, 0.1) is 12.2 Å². The molecule has 3 aromatic rings. The van der Waals surface area contributed by atoms with Gasteiger partial charge in [0.25, 0.3) is 5.91 Å². The van der Waals surface area contributed by atoms with Gasteiger partial charge in [-0.3, -0.25) is 9.78 Å². The van der Waals surface area contributed by atoms with Gasteiger partial charge in [0.2, 0.25) is 0 Å². The van der Waals surface area contributed by atoms with Crippen molar-refractivity contribution >= 4 is 17.4 Å². The molecule has 0 radical (unpaired) electrons. The van der Waals surface area contributed by atoms with Crippen molar-refractivity contribution in [2.45, 2.75) is 13.5 Å². The minimum atomic E-state index is -1.04. The lowest BCUT2D eigenvalue weighted by molar-refractivity contribution is 0.102. The number of pyridine rings is 1. The molecule has 132 valence electrons. The first-order chi connectivity index (χ1) is 12.5. The molecule has 2 heterocycles. The van der Waals surface area contributed by atoms with E-state index in [9.17, 15) is 13.6 Å². The largest absolute Gasteiger partial charge is 0.364 e. The van der Waals surface area contributed by atoms with E-state index in [4.69, 9.17) is 0 Å². The molecule has 2 aromatic heterocycles. The molecule has 0 aliphatic heterocycles. The van der Waals surface area contributed by atoms with Crippen LogP contribution in [0.15, 0.2) is 48.7 Å². The number of amides is 1. The molecule has 0 spiro atoms. The van der Waals surface area contributed by atoms with Crippen LogP contribution >= 0.6 is 0 Å². The molecule has 0 atom stereocenters. The number of carbonyl (C=O) groups is 1. The molecule has 0 aliphatic rings. The van der Waals surface area contributed by atoms with Crippen molar-refractivity contribution in [1.29, 1.82) is 0 Å². The van der Waals surface area contributed by atoms with Crippen LogP contribution in [0, 0.1) is 18.6 Å². The van der Waals surface area contributed by atoms with Crippen molar-refractivity contribution in [3.8, 4) is 0 Å². The van der Waals surface area contributed by atoms with E-state index >= 15 is 0 Å². The molecule has 1 amide bonds. The maximum absolute atomic E-state index is 13.3. The number of aromatic nitrogens is 3. The van der Waals surface area contributed by atoms with E-state index in [1.807, 2.05) is 18.2 Å². The summed E-state index contributed by atoms with van der Waals surface area (Å²) in [5, 5.41) is 5.55. The predicted octanol–water partition coefficient (Wildman–Crippen LogP) is 3.32. The number of hydrogen-bond acceptors (Lipinski definition) is 5. The van der Waals surface area contributed by atoms with Crippen molar-refractivity contribution in [3.05, 3.63) is 77.5 Å². The van der Waals surface area contributed by atoms with Crippen LogP contribution in [0.25, 0.3) is 0 Å². The number of carbonyl (C=O) groups excluding carboxylic acids is 1. The lowest BCUT2D eigenvalue weighted by atomic mass is 10.2. The first-order valence-corrected chi connectivity index (χ1v) is 7.77. The minimum absolute atomic E-state index is 0.103. The van der Waals surface area contributed by atoms with Crippen LogP contribution in [0.3, 0.4) is 0 Å².